The monoisotopic (exact) mass is 330 g/mol. The molecule has 0 bridgehead atoms. The number of hydrogen-bond acceptors (Lipinski definition) is 1. The van der Waals surface area contributed by atoms with Crippen molar-refractivity contribution in [2.75, 3.05) is 6.16 Å². The van der Waals surface area contributed by atoms with Gasteiger partial charge in [0.05, 0.1) is 0 Å². The zero-order chi connectivity index (χ0) is 16.7. The summed E-state index contributed by atoms with van der Waals surface area (Å²) in [6.07, 6.45) is 4.26. The highest BCUT2D eigenvalue weighted by Crippen LogP contribution is 2.43. The van der Waals surface area contributed by atoms with E-state index < -0.39 is 7.14 Å². The molecule has 0 aliphatic heterocycles. The summed E-state index contributed by atoms with van der Waals surface area (Å²) in [6, 6.07) is 29.5. The molecule has 0 N–H and O–H groups in total. The summed E-state index contributed by atoms with van der Waals surface area (Å²) in [4.78, 5) is 0. The summed E-state index contributed by atoms with van der Waals surface area (Å²) in [6.45, 7) is 0. The van der Waals surface area contributed by atoms with Gasteiger partial charge in [-0.15, -0.1) is 5.73 Å². The summed E-state index contributed by atoms with van der Waals surface area (Å²) < 4.78 is 13.7. The Kier molecular flexibility index (Phi) is 5.29. The molecule has 0 atom stereocenters. The third kappa shape index (κ3) is 3.84. The van der Waals surface area contributed by atoms with Crippen molar-refractivity contribution in [3.05, 3.63) is 108 Å². The SMILES string of the molecule is O=P(CC=C=Cc1ccccc1)(c1ccccc1)c1ccccc1. The molecule has 0 radical (unpaired) electrons. The molecule has 3 aromatic rings. The lowest BCUT2D eigenvalue weighted by atomic mass is 10.2. The van der Waals surface area contributed by atoms with Crippen LogP contribution >= 0.6 is 7.14 Å². The summed E-state index contributed by atoms with van der Waals surface area (Å²) in [5, 5.41) is 1.77. The maximum absolute atomic E-state index is 13.7. The quantitative estimate of drug-likeness (QED) is 0.482. The van der Waals surface area contributed by atoms with Crippen LogP contribution < -0.4 is 10.6 Å². The molecule has 0 saturated carbocycles. The molecular formula is C22H19OP. The minimum Gasteiger partial charge on any atom is -0.313 e. The van der Waals surface area contributed by atoms with Gasteiger partial charge in [0.1, 0.15) is 7.14 Å². The Morgan fingerprint density at radius 1 is 0.708 bits per heavy atom. The van der Waals surface area contributed by atoms with E-state index in [1.165, 1.54) is 0 Å². The standard InChI is InChI=1S/C22H19OP/c23-24(21-15-6-2-7-16-21,22-17-8-3-9-18-22)19-11-10-14-20-12-4-1-5-13-20/h1-9,11-18H,19H2. The lowest BCUT2D eigenvalue weighted by Crippen LogP contribution is -2.17. The van der Waals surface area contributed by atoms with Gasteiger partial charge in [-0.1, -0.05) is 91.0 Å². The van der Waals surface area contributed by atoms with Gasteiger partial charge in [0.25, 0.3) is 0 Å². The Morgan fingerprint density at radius 3 is 1.67 bits per heavy atom. The van der Waals surface area contributed by atoms with Crippen LogP contribution in [-0.4, -0.2) is 6.16 Å². The van der Waals surface area contributed by atoms with Gasteiger partial charge < -0.3 is 4.57 Å². The molecule has 1 nitrogen and oxygen atoms in total. The zero-order valence-corrected chi connectivity index (χ0v) is 14.3. The van der Waals surface area contributed by atoms with Crippen LogP contribution in [0.3, 0.4) is 0 Å². The van der Waals surface area contributed by atoms with Gasteiger partial charge in [-0.25, -0.2) is 0 Å². The maximum Gasteiger partial charge on any atom is 0.147 e. The summed E-state index contributed by atoms with van der Waals surface area (Å²) in [5.74, 6) is 0. The molecule has 0 fully saturated rings. The summed E-state index contributed by atoms with van der Waals surface area (Å²) in [5.41, 5.74) is 4.26. The van der Waals surface area contributed by atoms with Gasteiger partial charge in [-0.05, 0) is 17.7 Å². The molecule has 0 heterocycles. The summed E-state index contributed by atoms with van der Waals surface area (Å²) >= 11 is 0. The van der Waals surface area contributed by atoms with Crippen LogP contribution in [0.15, 0.2) is 103 Å². The second kappa shape index (κ2) is 7.79. The molecular weight excluding hydrogens is 311 g/mol. The number of allylic oxidation sites excluding steroid dienone is 1. The van der Waals surface area contributed by atoms with Gasteiger partial charge in [0.15, 0.2) is 0 Å². The first-order valence-corrected chi connectivity index (χ1v) is 9.84. The fraction of sp³-hybridized carbons (Fsp3) is 0.0455. The normalized spacial score (nSPS) is 10.7. The largest absolute Gasteiger partial charge is 0.313 e. The Hall–Kier alpha value is -2.59. The van der Waals surface area contributed by atoms with E-state index in [-0.39, 0.29) is 0 Å². The fourth-order valence-corrected chi connectivity index (χ4v) is 4.97. The zero-order valence-electron chi connectivity index (χ0n) is 13.4. The number of rotatable bonds is 5. The third-order valence-electron chi connectivity index (χ3n) is 3.86. The fourth-order valence-electron chi connectivity index (χ4n) is 2.58. The van der Waals surface area contributed by atoms with Crippen LogP contribution in [0.2, 0.25) is 0 Å². The van der Waals surface area contributed by atoms with Crippen LogP contribution in [0.4, 0.5) is 0 Å². The van der Waals surface area contributed by atoms with Crippen molar-refractivity contribution in [3.8, 4) is 0 Å². The van der Waals surface area contributed by atoms with Crippen molar-refractivity contribution in [2.45, 2.75) is 0 Å². The first kappa shape index (κ1) is 16.3. The van der Waals surface area contributed by atoms with Crippen molar-refractivity contribution in [2.24, 2.45) is 0 Å². The highest BCUT2D eigenvalue weighted by molar-refractivity contribution is 7.78. The lowest BCUT2D eigenvalue weighted by Gasteiger charge is -2.17. The first-order chi connectivity index (χ1) is 11.8. The Bertz CT molecular complexity index is 834. The van der Waals surface area contributed by atoms with Gasteiger partial charge in [0.2, 0.25) is 0 Å². The van der Waals surface area contributed by atoms with Crippen molar-refractivity contribution in [1.82, 2.24) is 0 Å². The smallest absolute Gasteiger partial charge is 0.147 e. The van der Waals surface area contributed by atoms with E-state index in [1.54, 1.807) is 0 Å². The van der Waals surface area contributed by atoms with Crippen molar-refractivity contribution < 1.29 is 4.57 Å². The first-order valence-electron chi connectivity index (χ1n) is 7.95. The van der Waals surface area contributed by atoms with E-state index in [4.69, 9.17) is 0 Å². The molecule has 0 saturated heterocycles. The lowest BCUT2D eigenvalue weighted by molar-refractivity contribution is 0.588. The minimum absolute atomic E-state index is 0.463. The molecule has 0 aliphatic carbocycles. The number of benzene rings is 3. The van der Waals surface area contributed by atoms with Gasteiger partial charge in [0, 0.05) is 16.8 Å². The third-order valence-corrected chi connectivity index (χ3v) is 6.82. The van der Waals surface area contributed by atoms with E-state index in [2.05, 4.69) is 5.73 Å². The molecule has 0 unspecified atom stereocenters. The maximum atomic E-state index is 13.7. The topological polar surface area (TPSA) is 17.1 Å². The van der Waals surface area contributed by atoms with Crippen molar-refractivity contribution in [3.63, 3.8) is 0 Å². The molecule has 0 aromatic heterocycles. The molecule has 0 aliphatic rings. The molecule has 0 amide bonds. The highest BCUT2D eigenvalue weighted by atomic mass is 31.2. The molecule has 0 spiro atoms. The van der Waals surface area contributed by atoms with Crippen LogP contribution in [-0.2, 0) is 4.57 Å². The second-order valence-corrected chi connectivity index (χ2v) is 8.40. The van der Waals surface area contributed by atoms with Gasteiger partial charge in [-0.3, -0.25) is 0 Å². The Labute approximate surface area is 143 Å². The van der Waals surface area contributed by atoms with Crippen LogP contribution in [0.1, 0.15) is 5.56 Å². The second-order valence-electron chi connectivity index (χ2n) is 5.52. The molecule has 3 rings (SSSR count). The van der Waals surface area contributed by atoms with E-state index >= 15 is 0 Å². The molecule has 24 heavy (non-hydrogen) atoms. The minimum atomic E-state index is -2.68. The summed E-state index contributed by atoms with van der Waals surface area (Å²) in [7, 11) is -2.68. The molecule has 118 valence electrons. The van der Waals surface area contributed by atoms with E-state index in [1.807, 2.05) is 103 Å². The predicted octanol–water partition coefficient (Wildman–Crippen LogP) is 4.87. The Morgan fingerprint density at radius 2 is 1.17 bits per heavy atom. The van der Waals surface area contributed by atoms with Crippen molar-refractivity contribution >= 4 is 23.8 Å². The van der Waals surface area contributed by atoms with E-state index in [9.17, 15) is 4.57 Å². The Balaban J connectivity index is 1.92. The molecule has 2 heteroatoms. The van der Waals surface area contributed by atoms with Gasteiger partial charge >= 0.3 is 0 Å². The van der Waals surface area contributed by atoms with Crippen LogP contribution in [0.5, 0.6) is 0 Å². The molecule has 3 aromatic carbocycles. The predicted molar refractivity (Wildman–Crippen MR) is 104 cm³/mol. The average molecular weight is 330 g/mol. The van der Waals surface area contributed by atoms with Gasteiger partial charge in [-0.2, -0.15) is 0 Å². The van der Waals surface area contributed by atoms with Crippen LogP contribution in [0.25, 0.3) is 6.08 Å². The van der Waals surface area contributed by atoms with E-state index in [0.29, 0.717) is 6.16 Å². The van der Waals surface area contributed by atoms with Crippen molar-refractivity contribution in [1.29, 1.82) is 0 Å². The number of hydrogen-bond donors (Lipinski definition) is 0. The highest BCUT2D eigenvalue weighted by Gasteiger charge is 2.25. The average Bonchev–Trinajstić information content (AvgIpc) is 2.67. The van der Waals surface area contributed by atoms with E-state index in [0.717, 1.165) is 16.2 Å². The van der Waals surface area contributed by atoms with Crippen LogP contribution in [0, 0.1) is 0 Å².